The predicted octanol–water partition coefficient (Wildman–Crippen LogP) is 4.73. The quantitative estimate of drug-likeness (QED) is 0.216. The summed E-state index contributed by atoms with van der Waals surface area (Å²) in [6.07, 6.45) is 4.22. The van der Waals surface area contributed by atoms with Gasteiger partial charge in [0.25, 0.3) is 0 Å². The van der Waals surface area contributed by atoms with Crippen molar-refractivity contribution in [1.29, 1.82) is 0 Å². The number of hydrogen-bond donors (Lipinski definition) is 2. The molecule has 3 aromatic carbocycles. The smallest absolute Gasteiger partial charge is 0.329 e. The first-order valence-corrected chi connectivity index (χ1v) is 11.6. The summed E-state index contributed by atoms with van der Waals surface area (Å²) < 4.78 is 7.42. The van der Waals surface area contributed by atoms with Crippen LogP contribution in [0.15, 0.2) is 90.2 Å². The number of aromatic nitrogens is 2. The SMILES string of the molecule is CCCOc1ccc(-c2nn(-c3ccccc3)cc2/C=N/NC(=O)C(=O)Nc2ccc(C)cc2)cc1. The Hall–Kier alpha value is -4.72. The topological polar surface area (TPSA) is 97.6 Å². The molecule has 0 aliphatic carbocycles. The molecule has 4 rings (SSSR count). The van der Waals surface area contributed by atoms with Gasteiger partial charge in [0.2, 0.25) is 0 Å². The Bertz CT molecular complexity index is 1340. The summed E-state index contributed by atoms with van der Waals surface area (Å²) in [4.78, 5) is 24.4. The van der Waals surface area contributed by atoms with Crippen molar-refractivity contribution >= 4 is 23.7 Å². The third kappa shape index (κ3) is 6.24. The number of para-hydroxylation sites is 1. The summed E-state index contributed by atoms with van der Waals surface area (Å²) in [5.74, 6) is -0.898. The zero-order chi connectivity index (χ0) is 25.3. The van der Waals surface area contributed by atoms with Crippen molar-refractivity contribution in [1.82, 2.24) is 15.2 Å². The zero-order valence-corrected chi connectivity index (χ0v) is 20.1. The van der Waals surface area contributed by atoms with E-state index in [1.165, 1.54) is 6.21 Å². The Morgan fingerprint density at radius 2 is 1.69 bits per heavy atom. The minimum atomic E-state index is -0.874. The van der Waals surface area contributed by atoms with Crippen LogP contribution in [0.2, 0.25) is 0 Å². The summed E-state index contributed by atoms with van der Waals surface area (Å²) in [5, 5.41) is 11.3. The van der Waals surface area contributed by atoms with Crippen molar-refractivity contribution in [2.75, 3.05) is 11.9 Å². The van der Waals surface area contributed by atoms with Gasteiger partial charge in [0.15, 0.2) is 0 Å². The van der Waals surface area contributed by atoms with Crippen molar-refractivity contribution in [3.05, 3.63) is 96.2 Å². The van der Waals surface area contributed by atoms with Crippen LogP contribution in [0.5, 0.6) is 5.75 Å². The van der Waals surface area contributed by atoms with Crippen molar-refractivity contribution in [2.24, 2.45) is 5.10 Å². The molecule has 0 saturated carbocycles. The van der Waals surface area contributed by atoms with Gasteiger partial charge in [-0.3, -0.25) is 9.59 Å². The number of carbonyl (C=O) groups is 2. The van der Waals surface area contributed by atoms with Crippen molar-refractivity contribution < 1.29 is 14.3 Å². The van der Waals surface area contributed by atoms with Gasteiger partial charge in [-0.1, -0.05) is 42.8 Å². The van der Waals surface area contributed by atoms with Gasteiger partial charge in [-0.25, -0.2) is 10.1 Å². The molecule has 0 fully saturated rings. The third-order valence-corrected chi connectivity index (χ3v) is 5.25. The normalized spacial score (nSPS) is 10.8. The predicted molar refractivity (Wildman–Crippen MR) is 140 cm³/mol. The Morgan fingerprint density at radius 1 is 0.972 bits per heavy atom. The fraction of sp³-hybridized carbons (Fsp3) is 0.143. The molecule has 4 aromatic rings. The molecule has 0 spiro atoms. The molecule has 8 nitrogen and oxygen atoms in total. The van der Waals surface area contributed by atoms with Gasteiger partial charge in [-0.15, -0.1) is 0 Å². The van der Waals surface area contributed by atoms with E-state index >= 15 is 0 Å². The van der Waals surface area contributed by atoms with Crippen LogP contribution in [0.1, 0.15) is 24.5 Å². The van der Waals surface area contributed by atoms with Crippen molar-refractivity contribution in [2.45, 2.75) is 20.3 Å². The first-order valence-electron chi connectivity index (χ1n) is 11.6. The van der Waals surface area contributed by atoms with Crippen LogP contribution in [0.4, 0.5) is 5.69 Å². The fourth-order valence-corrected chi connectivity index (χ4v) is 3.38. The minimum absolute atomic E-state index is 0.530. The van der Waals surface area contributed by atoms with Gasteiger partial charge in [0.05, 0.1) is 18.5 Å². The molecule has 0 saturated heterocycles. The Labute approximate surface area is 209 Å². The highest BCUT2D eigenvalue weighted by Crippen LogP contribution is 2.25. The molecule has 0 aliphatic rings. The average molecular weight is 482 g/mol. The number of carbonyl (C=O) groups excluding carboxylic acids is 2. The number of hydrazone groups is 1. The summed E-state index contributed by atoms with van der Waals surface area (Å²) >= 11 is 0. The highest BCUT2D eigenvalue weighted by Gasteiger charge is 2.14. The largest absolute Gasteiger partial charge is 0.494 e. The van der Waals surface area contributed by atoms with E-state index in [1.54, 1.807) is 16.8 Å². The molecule has 2 amide bonds. The molecule has 0 unspecified atom stereocenters. The lowest BCUT2D eigenvalue weighted by molar-refractivity contribution is -0.136. The first kappa shape index (κ1) is 24.4. The van der Waals surface area contributed by atoms with Crippen LogP contribution in [0.25, 0.3) is 16.9 Å². The van der Waals surface area contributed by atoms with Crippen LogP contribution >= 0.6 is 0 Å². The minimum Gasteiger partial charge on any atom is -0.494 e. The third-order valence-electron chi connectivity index (χ3n) is 5.25. The molecule has 36 heavy (non-hydrogen) atoms. The molecule has 0 bridgehead atoms. The number of nitrogens with one attached hydrogen (secondary N) is 2. The van der Waals surface area contributed by atoms with Crippen LogP contribution in [0, 0.1) is 6.92 Å². The van der Waals surface area contributed by atoms with E-state index in [2.05, 4.69) is 22.8 Å². The van der Waals surface area contributed by atoms with E-state index in [0.717, 1.165) is 29.0 Å². The zero-order valence-electron chi connectivity index (χ0n) is 20.1. The number of hydrogen-bond acceptors (Lipinski definition) is 5. The summed E-state index contributed by atoms with van der Waals surface area (Å²) in [6, 6.07) is 24.5. The number of rotatable bonds is 8. The van der Waals surface area contributed by atoms with Crippen LogP contribution in [-0.4, -0.2) is 34.4 Å². The lowest BCUT2D eigenvalue weighted by atomic mass is 10.1. The second kappa shape index (κ2) is 11.6. The highest BCUT2D eigenvalue weighted by molar-refractivity contribution is 6.39. The highest BCUT2D eigenvalue weighted by atomic mass is 16.5. The van der Waals surface area contributed by atoms with Gasteiger partial charge >= 0.3 is 11.8 Å². The van der Waals surface area contributed by atoms with Gasteiger partial charge in [0.1, 0.15) is 11.4 Å². The summed E-state index contributed by atoms with van der Waals surface area (Å²) in [6.45, 7) is 4.65. The Balaban J connectivity index is 1.52. The lowest BCUT2D eigenvalue weighted by Gasteiger charge is -2.05. The maximum Gasteiger partial charge on any atom is 0.329 e. The van der Waals surface area contributed by atoms with Crippen molar-refractivity contribution in [3.8, 4) is 22.7 Å². The lowest BCUT2D eigenvalue weighted by Crippen LogP contribution is -2.32. The van der Waals surface area contributed by atoms with Crippen LogP contribution in [0.3, 0.4) is 0 Å². The standard InChI is InChI=1S/C28H27N5O3/c1-3-17-36-25-15-11-21(12-16-25)26-22(19-33(32-26)24-7-5-4-6-8-24)18-29-31-28(35)27(34)30-23-13-9-20(2)10-14-23/h4-16,18-19H,3,17H2,1-2H3,(H,30,34)(H,31,35)/b29-18+. The number of nitrogens with zero attached hydrogens (tertiary/aromatic N) is 3. The summed E-state index contributed by atoms with van der Waals surface area (Å²) in [5.41, 5.74) is 6.94. The molecule has 1 heterocycles. The number of aryl methyl sites for hydroxylation is 1. The second-order valence-corrected chi connectivity index (χ2v) is 8.11. The molecule has 2 N–H and O–H groups in total. The number of ether oxygens (including phenoxy) is 1. The molecule has 0 aliphatic heterocycles. The number of amides is 2. The van der Waals surface area contributed by atoms with Gasteiger partial charge in [0, 0.05) is 23.0 Å². The second-order valence-electron chi connectivity index (χ2n) is 8.11. The Kier molecular flexibility index (Phi) is 7.87. The van der Waals surface area contributed by atoms with Crippen LogP contribution < -0.4 is 15.5 Å². The molecular weight excluding hydrogens is 454 g/mol. The van der Waals surface area contributed by atoms with E-state index in [-0.39, 0.29) is 0 Å². The number of benzene rings is 3. The van der Waals surface area contributed by atoms with E-state index in [9.17, 15) is 9.59 Å². The average Bonchev–Trinajstić information content (AvgIpc) is 3.33. The molecule has 8 heteroatoms. The fourth-order valence-electron chi connectivity index (χ4n) is 3.38. The maximum atomic E-state index is 12.2. The van der Waals surface area contributed by atoms with E-state index in [4.69, 9.17) is 9.84 Å². The van der Waals surface area contributed by atoms with Gasteiger partial charge in [-0.2, -0.15) is 10.2 Å². The van der Waals surface area contributed by atoms with E-state index in [1.807, 2.05) is 79.9 Å². The molecule has 182 valence electrons. The maximum absolute atomic E-state index is 12.2. The molecule has 1 aromatic heterocycles. The molecule has 0 radical (unpaired) electrons. The summed E-state index contributed by atoms with van der Waals surface area (Å²) in [7, 11) is 0. The molecule has 0 atom stereocenters. The molecular formula is C28H27N5O3. The van der Waals surface area contributed by atoms with Gasteiger partial charge in [-0.05, 0) is 61.9 Å². The van der Waals surface area contributed by atoms with Crippen LogP contribution in [-0.2, 0) is 9.59 Å². The first-order chi connectivity index (χ1) is 17.5. The Morgan fingerprint density at radius 3 is 2.39 bits per heavy atom. The van der Waals surface area contributed by atoms with Crippen molar-refractivity contribution in [3.63, 3.8) is 0 Å². The van der Waals surface area contributed by atoms with Gasteiger partial charge < -0.3 is 10.1 Å². The van der Waals surface area contributed by atoms with E-state index < -0.39 is 11.8 Å². The van der Waals surface area contributed by atoms with E-state index in [0.29, 0.717) is 23.6 Å². The number of anilines is 1. The monoisotopic (exact) mass is 481 g/mol.